The number of likely N-dealkylation sites (tertiary alicyclic amines) is 1. The van der Waals surface area contributed by atoms with Crippen LogP contribution in [0.15, 0.2) is 0 Å². The molecule has 1 saturated heterocycles. The first-order chi connectivity index (χ1) is 7.63. The van der Waals surface area contributed by atoms with Crippen LogP contribution in [0.4, 0.5) is 0 Å². The van der Waals surface area contributed by atoms with Gasteiger partial charge in [-0.05, 0) is 31.6 Å². The Morgan fingerprint density at radius 3 is 2.81 bits per heavy atom. The van der Waals surface area contributed by atoms with Crippen LogP contribution in [0.2, 0.25) is 0 Å². The fourth-order valence-electron chi connectivity index (χ4n) is 3.24. The van der Waals surface area contributed by atoms with Crippen LogP contribution in [0.5, 0.6) is 0 Å². The van der Waals surface area contributed by atoms with Gasteiger partial charge in [0.2, 0.25) is 5.91 Å². The Morgan fingerprint density at radius 2 is 2.19 bits per heavy atom. The lowest BCUT2D eigenvalue weighted by molar-refractivity contribution is -0.125. The molecule has 3 N–H and O–H groups in total. The molecule has 2 aliphatic rings. The SMILES string of the molecule is CNC(=O)C(C)N1CC2CCCC(N)C2C1. The number of nitrogens with two attached hydrogens (primary N) is 1. The van der Waals surface area contributed by atoms with Crippen molar-refractivity contribution in [2.45, 2.75) is 38.3 Å². The molecule has 4 heteroatoms. The van der Waals surface area contributed by atoms with E-state index in [4.69, 9.17) is 5.73 Å². The molecular weight excluding hydrogens is 202 g/mol. The summed E-state index contributed by atoms with van der Waals surface area (Å²) in [7, 11) is 1.70. The minimum absolute atomic E-state index is 0.0113. The molecule has 0 aromatic heterocycles. The Bertz CT molecular complexity index is 269. The number of fused-ring (bicyclic) bond motifs is 1. The van der Waals surface area contributed by atoms with Gasteiger partial charge in [-0.1, -0.05) is 6.42 Å². The minimum atomic E-state index is -0.0113. The summed E-state index contributed by atoms with van der Waals surface area (Å²) in [6.07, 6.45) is 3.70. The molecule has 1 heterocycles. The van der Waals surface area contributed by atoms with E-state index in [0.717, 1.165) is 25.4 Å². The third kappa shape index (κ3) is 2.09. The zero-order chi connectivity index (χ0) is 11.7. The molecule has 4 unspecified atom stereocenters. The molecule has 1 amide bonds. The van der Waals surface area contributed by atoms with Crippen LogP contribution < -0.4 is 11.1 Å². The molecule has 0 radical (unpaired) electrons. The first kappa shape index (κ1) is 11.9. The largest absolute Gasteiger partial charge is 0.358 e. The van der Waals surface area contributed by atoms with Crippen molar-refractivity contribution in [3.05, 3.63) is 0 Å². The Balaban J connectivity index is 1.98. The smallest absolute Gasteiger partial charge is 0.236 e. The van der Waals surface area contributed by atoms with Gasteiger partial charge in [0.05, 0.1) is 6.04 Å². The van der Waals surface area contributed by atoms with Gasteiger partial charge >= 0.3 is 0 Å². The fraction of sp³-hybridized carbons (Fsp3) is 0.917. The molecule has 0 aromatic rings. The summed E-state index contributed by atoms with van der Waals surface area (Å²) in [5.74, 6) is 1.45. The Kier molecular flexibility index (Phi) is 3.50. The number of hydrogen-bond donors (Lipinski definition) is 2. The standard InChI is InChI=1S/C12H23N3O/c1-8(12(16)14-2)15-6-9-4-3-5-11(13)10(9)7-15/h8-11H,3-7,13H2,1-2H3,(H,14,16). The molecule has 2 fully saturated rings. The van der Waals surface area contributed by atoms with Crippen molar-refractivity contribution in [3.63, 3.8) is 0 Å². The van der Waals surface area contributed by atoms with Crippen LogP contribution in [0.25, 0.3) is 0 Å². The molecule has 0 bridgehead atoms. The van der Waals surface area contributed by atoms with Gasteiger partial charge in [-0.15, -0.1) is 0 Å². The van der Waals surface area contributed by atoms with Crippen molar-refractivity contribution < 1.29 is 4.79 Å². The van der Waals surface area contributed by atoms with Gasteiger partial charge < -0.3 is 11.1 Å². The van der Waals surface area contributed by atoms with Gasteiger partial charge in [0, 0.05) is 26.2 Å². The Hall–Kier alpha value is -0.610. The van der Waals surface area contributed by atoms with Crippen LogP contribution in [0, 0.1) is 11.8 Å². The topological polar surface area (TPSA) is 58.4 Å². The zero-order valence-electron chi connectivity index (χ0n) is 10.3. The van der Waals surface area contributed by atoms with E-state index in [2.05, 4.69) is 10.2 Å². The molecule has 92 valence electrons. The van der Waals surface area contributed by atoms with E-state index in [1.54, 1.807) is 7.05 Å². The normalized spacial score (nSPS) is 36.8. The summed E-state index contributed by atoms with van der Waals surface area (Å²) in [5.41, 5.74) is 6.16. The molecule has 0 aromatic carbocycles. The predicted octanol–water partition coefficient (Wildman–Crippen LogP) is 0.180. The summed E-state index contributed by atoms with van der Waals surface area (Å²) in [6, 6.07) is 0.337. The maximum atomic E-state index is 11.6. The number of likely N-dealkylation sites (N-methyl/N-ethyl adjacent to an activating group) is 1. The summed E-state index contributed by atoms with van der Waals surface area (Å²) < 4.78 is 0. The second-order valence-corrected chi connectivity index (χ2v) is 5.26. The average Bonchev–Trinajstić information content (AvgIpc) is 2.72. The van der Waals surface area contributed by atoms with Gasteiger partial charge in [0.15, 0.2) is 0 Å². The quantitative estimate of drug-likeness (QED) is 0.705. The van der Waals surface area contributed by atoms with E-state index in [0.29, 0.717) is 12.0 Å². The monoisotopic (exact) mass is 225 g/mol. The van der Waals surface area contributed by atoms with Crippen LogP contribution in [-0.4, -0.2) is 43.0 Å². The Labute approximate surface area is 97.6 Å². The molecule has 4 nitrogen and oxygen atoms in total. The van der Waals surface area contributed by atoms with Crippen molar-refractivity contribution in [2.75, 3.05) is 20.1 Å². The highest BCUT2D eigenvalue weighted by Crippen LogP contribution is 2.36. The first-order valence-corrected chi connectivity index (χ1v) is 6.34. The Morgan fingerprint density at radius 1 is 1.44 bits per heavy atom. The number of nitrogens with zero attached hydrogens (tertiary/aromatic N) is 1. The van der Waals surface area contributed by atoms with E-state index < -0.39 is 0 Å². The molecule has 2 rings (SSSR count). The highest BCUT2D eigenvalue weighted by Gasteiger charge is 2.40. The van der Waals surface area contributed by atoms with E-state index in [1.165, 1.54) is 12.8 Å². The second kappa shape index (κ2) is 4.72. The van der Waals surface area contributed by atoms with Gasteiger partial charge in [0.25, 0.3) is 0 Å². The maximum absolute atomic E-state index is 11.6. The molecule has 16 heavy (non-hydrogen) atoms. The van der Waals surface area contributed by atoms with Crippen LogP contribution >= 0.6 is 0 Å². The van der Waals surface area contributed by atoms with Gasteiger partial charge in [-0.3, -0.25) is 9.69 Å². The molecule has 4 atom stereocenters. The third-order valence-corrected chi connectivity index (χ3v) is 4.36. The van der Waals surface area contributed by atoms with Crippen LogP contribution in [0.3, 0.4) is 0 Å². The third-order valence-electron chi connectivity index (χ3n) is 4.36. The number of carbonyl (C=O) groups excluding carboxylic acids is 1. The first-order valence-electron chi connectivity index (χ1n) is 6.34. The minimum Gasteiger partial charge on any atom is -0.358 e. The van der Waals surface area contributed by atoms with Crippen LogP contribution in [0.1, 0.15) is 26.2 Å². The summed E-state index contributed by atoms with van der Waals surface area (Å²) in [4.78, 5) is 13.9. The number of carbonyl (C=O) groups is 1. The zero-order valence-corrected chi connectivity index (χ0v) is 10.3. The number of amides is 1. The average molecular weight is 225 g/mol. The van der Waals surface area contributed by atoms with Crippen molar-refractivity contribution >= 4 is 5.91 Å². The molecular formula is C12H23N3O. The summed E-state index contributed by atoms with van der Waals surface area (Å²) in [5, 5.41) is 2.72. The molecule has 1 aliphatic heterocycles. The summed E-state index contributed by atoms with van der Waals surface area (Å²) >= 11 is 0. The van der Waals surface area contributed by atoms with Crippen molar-refractivity contribution in [2.24, 2.45) is 17.6 Å². The number of rotatable bonds is 2. The molecule has 1 saturated carbocycles. The van der Waals surface area contributed by atoms with Gasteiger partial charge in [0.1, 0.15) is 0 Å². The van der Waals surface area contributed by atoms with Gasteiger partial charge in [-0.2, -0.15) is 0 Å². The second-order valence-electron chi connectivity index (χ2n) is 5.26. The fourth-order valence-corrected chi connectivity index (χ4v) is 3.24. The van der Waals surface area contributed by atoms with E-state index in [1.807, 2.05) is 6.92 Å². The van der Waals surface area contributed by atoms with Crippen molar-refractivity contribution in [1.29, 1.82) is 0 Å². The van der Waals surface area contributed by atoms with Crippen LogP contribution in [-0.2, 0) is 4.79 Å². The molecule has 1 aliphatic carbocycles. The highest BCUT2D eigenvalue weighted by molar-refractivity contribution is 5.81. The number of hydrogen-bond acceptors (Lipinski definition) is 3. The van der Waals surface area contributed by atoms with Crippen molar-refractivity contribution in [3.8, 4) is 0 Å². The lowest BCUT2D eigenvalue weighted by Gasteiger charge is -2.30. The highest BCUT2D eigenvalue weighted by atomic mass is 16.2. The van der Waals surface area contributed by atoms with Crippen molar-refractivity contribution in [1.82, 2.24) is 10.2 Å². The summed E-state index contributed by atoms with van der Waals surface area (Å²) in [6.45, 7) is 4.04. The van der Waals surface area contributed by atoms with Gasteiger partial charge in [-0.25, -0.2) is 0 Å². The predicted molar refractivity (Wildman–Crippen MR) is 63.9 cm³/mol. The lowest BCUT2D eigenvalue weighted by atomic mass is 9.78. The lowest BCUT2D eigenvalue weighted by Crippen LogP contribution is -2.43. The van der Waals surface area contributed by atoms with E-state index >= 15 is 0 Å². The maximum Gasteiger partial charge on any atom is 0.236 e. The van der Waals surface area contributed by atoms with E-state index in [-0.39, 0.29) is 11.9 Å². The molecule has 0 spiro atoms. The van der Waals surface area contributed by atoms with E-state index in [9.17, 15) is 4.79 Å². The number of nitrogens with one attached hydrogen (secondary N) is 1.